The molecular formula is C13H19ClN2O2. The van der Waals surface area contributed by atoms with Crippen LogP contribution < -0.4 is 11.1 Å². The summed E-state index contributed by atoms with van der Waals surface area (Å²) in [5.41, 5.74) is 6.72. The third kappa shape index (κ3) is 5.38. The summed E-state index contributed by atoms with van der Waals surface area (Å²) in [4.78, 5) is 11.6. The number of carbonyl (C=O) groups is 1. The van der Waals surface area contributed by atoms with Crippen LogP contribution in [-0.2, 0) is 9.53 Å². The Hall–Kier alpha value is -1.26. The Balaban J connectivity index is 2.35. The second-order valence-corrected chi connectivity index (χ2v) is 4.95. The number of benzene rings is 1. The summed E-state index contributed by atoms with van der Waals surface area (Å²) in [6, 6.07) is 4.94. The molecule has 4 nitrogen and oxygen atoms in total. The molecular weight excluding hydrogens is 252 g/mol. The van der Waals surface area contributed by atoms with E-state index in [1.54, 1.807) is 18.2 Å². The van der Waals surface area contributed by atoms with Crippen molar-refractivity contribution in [2.75, 3.05) is 24.3 Å². The van der Waals surface area contributed by atoms with Gasteiger partial charge in [-0.25, -0.2) is 0 Å². The van der Waals surface area contributed by atoms with Gasteiger partial charge in [-0.2, -0.15) is 0 Å². The lowest BCUT2D eigenvalue weighted by Gasteiger charge is -2.09. The molecule has 0 saturated heterocycles. The summed E-state index contributed by atoms with van der Waals surface area (Å²) < 4.78 is 5.26. The lowest BCUT2D eigenvalue weighted by Crippen LogP contribution is -2.19. The molecule has 0 heterocycles. The van der Waals surface area contributed by atoms with E-state index in [4.69, 9.17) is 22.1 Å². The largest absolute Gasteiger partial charge is 0.397 e. The number of rotatable bonds is 6. The minimum Gasteiger partial charge on any atom is -0.397 e. The van der Waals surface area contributed by atoms with E-state index in [0.717, 1.165) is 6.42 Å². The molecule has 1 rings (SSSR count). The monoisotopic (exact) mass is 270 g/mol. The molecule has 0 bridgehead atoms. The average Bonchev–Trinajstić information content (AvgIpc) is 2.28. The van der Waals surface area contributed by atoms with Gasteiger partial charge in [-0.1, -0.05) is 25.4 Å². The van der Waals surface area contributed by atoms with Gasteiger partial charge in [-0.3, -0.25) is 4.79 Å². The Bertz CT molecular complexity index is 408. The molecule has 1 aromatic rings. The Morgan fingerprint density at radius 1 is 1.50 bits per heavy atom. The number of ether oxygens (including phenoxy) is 1. The van der Waals surface area contributed by atoms with Gasteiger partial charge < -0.3 is 15.8 Å². The van der Waals surface area contributed by atoms with Crippen molar-refractivity contribution >= 4 is 28.9 Å². The first kappa shape index (κ1) is 14.8. The van der Waals surface area contributed by atoms with Crippen LogP contribution in [0.1, 0.15) is 20.3 Å². The lowest BCUT2D eigenvalue weighted by atomic mass is 10.1. The van der Waals surface area contributed by atoms with E-state index in [2.05, 4.69) is 19.2 Å². The standard InChI is InChI=1S/C13H19ClN2O2/c1-9(2)5-6-18-8-13(17)16-12-4-3-10(14)7-11(12)15/h3-4,7,9H,5-6,8,15H2,1-2H3,(H,16,17). The normalized spacial score (nSPS) is 10.7. The highest BCUT2D eigenvalue weighted by molar-refractivity contribution is 6.31. The van der Waals surface area contributed by atoms with Crippen LogP contribution in [0.3, 0.4) is 0 Å². The van der Waals surface area contributed by atoms with Gasteiger partial charge >= 0.3 is 0 Å². The summed E-state index contributed by atoms with van der Waals surface area (Å²) in [7, 11) is 0. The molecule has 0 aliphatic rings. The highest BCUT2D eigenvalue weighted by atomic mass is 35.5. The molecule has 18 heavy (non-hydrogen) atoms. The molecule has 0 atom stereocenters. The van der Waals surface area contributed by atoms with Crippen LogP contribution in [0.5, 0.6) is 0 Å². The first-order valence-electron chi connectivity index (χ1n) is 5.91. The number of carbonyl (C=O) groups excluding carboxylic acids is 1. The van der Waals surface area contributed by atoms with E-state index in [-0.39, 0.29) is 12.5 Å². The Labute approximate surface area is 112 Å². The number of hydrogen-bond donors (Lipinski definition) is 2. The van der Waals surface area contributed by atoms with Gasteiger partial charge in [0.15, 0.2) is 0 Å². The molecule has 0 radical (unpaired) electrons. The summed E-state index contributed by atoms with van der Waals surface area (Å²) >= 11 is 5.77. The minimum absolute atomic E-state index is 0.0365. The van der Waals surface area contributed by atoms with E-state index >= 15 is 0 Å². The number of hydrogen-bond acceptors (Lipinski definition) is 3. The highest BCUT2D eigenvalue weighted by Crippen LogP contribution is 2.22. The van der Waals surface area contributed by atoms with Gasteiger partial charge in [-0.15, -0.1) is 0 Å². The van der Waals surface area contributed by atoms with Crippen molar-refractivity contribution in [3.63, 3.8) is 0 Å². The zero-order chi connectivity index (χ0) is 13.5. The van der Waals surface area contributed by atoms with E-state index in [9.17, 15) is 4.79 Å². The summed E-state index contributed by atoms with van der Waals surface area (Å²) in [5, 5.41) is 3.22. The molecule has 0 aliphatic heterocycles. The molecule has 0 saturated carbocycles. The van der Waals surface area contributed by atoms with Crippen molar-refractivity contribution in [1.29, 1.82) is 0 Å². The zero-order valence-corrected chi connectivity index (χ0v) is 11.5. The van der Waals surface area contributed by atoms with Crippen molar-refractivity contribution in [3.8, 4) is 0 Å². The molecule has 0 spiro atoms. The first-order valence-corrected chi connectivity index (χ1v) is 6.29. The molecule has 0 aromatic heterocycles. The Morgan fingerprint density at radius 3 is 2.83 bits per heavy atom. The molecule has 0 unspecified atom stereocenters. The first-order chi connectivity index (χ1) is 8.49. The zero-order valence-electron chi connectivity index (χ0n) is 10.7. The summed E-state index contributed by atoms with van der Waals surface area (Å²) in [6.45, 7) is 4.84. The topological polar surface area (TPSA) is 64.3 Å². The molecule has 1 aromatic carbocycles. The predicted molar refractivity (Wildman–Crippen MR) is 74.8 cm³/mol. The van der Waals surface area contributed by atoms with Gasteiger partial charge in [0.2, 0.25) is 5.91 Å². The maximum absolute atomic E-state index is 11.6. The van der Waals surface area contributed by atoms with Crippen molar-refractivity contribution in [3.05, 3.63) is 23.2 Å². The van der Waals surface area contributed by atoms with E-state index < -0.39 is 0 Å². The van der Waals surface area contributed by atoms with E-state index in [1.165, 1.54) is 0 Å². The van der Waals surface area contributed by atoms with Crippen molar-refractivity contribution in [2.45, 2.75) is 20.3 Å². The smallest absolute Gasteiger partial charge is 0.250 e. The van der Waals surface area contributed by atoms with Crippen LogP contribution in [0.4, 0.5) is 11.4 Å². The minimum atomic E-state index is -0.215. The van der Waals surface area contributed by atoms with Gasteiger partial charge in [0.05, 0.1) is 11.4 Å². The van der Waals surface area contributed by atoms with Crippen LogP contribution >= 0.6 is 11.6 Å². The number of nitrogens with one attached hydrogen (secondary N) is 1. The highest BCUT2D eigenvalue weighted by Gasteiger charge is 2.06. The quantitative estimate of drug-likeness (QED) is 0.617. The van der Waals surface area contributed by atoms with Gasteiger partial charge in [0.1, 0.15) is 6.61 Å². The fourth-order valence-corrected chi connectivity index (χ4v) is 1.50. The molecule has 100 valence electrons. The van der Waals surface area contributed by atoms with Gasteiger partial charge in [0.25, 0.3) is 0 Å². The third-order valence-electron chi connectivity index (χ3n) is 2.36. The van der Waals surface area contributed by atoms with Gasteiger partial charge in [-0.05, 0) is 30.5 Å². The SMILES string of the molecule is CC(C)CCOCC(=O)Nc1ccc(Cl)cc1N. The maximum Gasteiger partial charge on any atom is 0.250 e. The van der Waals surface area contributed by atoms with Crippen molar-refractivity contribution in [1.82, 2.24) is 0 Å². The second kappa shape index (κ2) is 7.24. The molecule has 0 fully saturated rings. The number of halogens is 1. The van der Waals surface area contributed by atoms with Crippen LogP contribution in [0, 0.1) is 5.92 Å². The Morgan fingerprint density at radius 2 is 2.22 bits per heavy atom. The maximum atomic E-state index is 11.6. The fourth-order valence-electron chi connectivity index (χ4n) is 1.32. The summed E-state index contributed by atoms with van der Waals surface area (Å²) in [5.74, 6) is 0.354. The molecule has 0 aliphatic carbocycles. The molecule has 5 heteroatoms. The number of nitrogen functional groups attached to an aromatic ring is 1. The van der Waals surface area contributed by atoms with Crippen molar-refractivity contribution in [2.24, 2.45) is 5.92 Å². The Kier molecular flexibility index (Phi) is 5.95. The van der Waals surface area contributed by atoms with Crippen LogP contribution in [-0.4, -0.2) is 19.1 Å². The number of nitrogens with two attached hydrogens (primary N) is 1. The molecule has 1 amide bonds. The third-order valence-corrected chi connectivity index (χ3v) is 2.60. The van der Waals surface area contributed by atoms with E-state index in [1.807, 2.05) is 0 Å². The van der Waals surface area contributed by atoms with Crippen LogP contribution in [0.15, 0.2) is 18.2 Å². The average molecular weight is 271 g/mol. The number of anilines is 2. The van der Waals surface area contributed by atoms with Crippen LogP contribution in [0.25, 0.3) is 0 Å². The van der Waals surface area contributed by atoms with E-state index in [0.29, 0.717) is 28.9 Å². The van der Waals surface area contributed by atoms with Crippen molar-refractivity contribution < 1.29 is 9.53 Å². The summed E-state index contributed by atoms with van der Waals surface area (Å²) in [6.07, 6.45) is 0.941. The van der Waals surface area contributed by atoms with Gasteiger partial charge in [0, 0.05) is 11.6 Å². The molecule has 3 N–H and O–H groups in total. The lowest BCUT2D eigenvalue weighted by molar-refractivity contribution is -0.120. The number of amides is 1. The van der Waals surface area contributed by atoms with Crippen LogP contribution in [0.2, 0.25) is 5.02 Å². The predicted octanol–water partition coefficient (Wildman–Crippen LogP) is 2.92. The second-order valence-electron chi connectivity index (χ2n) is 4.51. The fraction of sp³-hybridized carbons (Fsp3) is 0.462.